The van der Waals surface area contributed by atoms with E-state index in [0.717, 1.165) is 5.75 Å². The summed E-state index contributed by atoms with van der Waals surface area (Å²) in [5, 5.41) is 0.703. The van der Waals surface area contributed by atoms with Gasteiger partial charge in [-0.3, -0.25) is 0 Å². The normalized spacial score (nSPS) is 13.0. The molecule has 0 aromatic heterocycles. The van der Waals surface area contributed by atoms with Gasteiger partial charge in [-0.15, -0.1) is 0 Å². The second-order valence-corrected chi connectivity index (χ2v) is 6.53. The van der Waals surface area contributed by atoms with Crippen LogP contribution in [0.5, 0.6) is 5.75 Å². The minimum atomic E-state index is 0.139. The molecule has 2 aromatic rings. The van der Waals surface area contributed by atoms with Crippen LogP contribution in [0, 0.1) is 5.41 Å². The fourth-order valence-corrected chi connectivity index (χ4v) is 2.45. The van der Waals surface area contributed by atoms with Gasteiger partial charge < -0.3 is 4.74 Å². The summed E-state index contributed by atoms with van der Waals surface area (Å²) in [4.78, 5) is 0. The lowest BCUT2D eigenvalue weighted by molar-refractivity contribution is 0.203. The fourth-order valence-electron chi connectivity index (χ4n) is 2.27. The van der Waals surface area contributed by atoms with Crippen LogP contribution in [-0.4, -0.2) is 6.61 Å². The Hall–Kier alpha value is -1.47. The van der Waals surface area contributed by atoms with Crippen molar-refractivity contribution in [3.05, 3.63) is 65.2 Å². The van der Waals surface area contributed by atoms with E-state index >= 15 is 0 Å². The van der Waals surface area contributed by atoms with Crippen molar-refractivity contribution in [1.29, 1.82) is 0 Å². The molecule has 0 aliphatic rings. The van der Waals surface area contributed by atoms with Crippen LogP contribution in [0.3, 0.4) is 0 Å². The standard InChI is InChI=1S/C18H21ClO/c1-18(2,3)17(14-8-5-4-6-9-14)13-20-16-11-7-10-15(19)12-16/h4-12,17H,13H2,1-3H3. The average molecular weight is 289 g/mol. The second-order valence-electron chi connectivity index (χ2n) is 6.10. The zero-order valence-corrected chi connectivity index (χ0v) is 13.0. The Morgan fingerprint density at radius 1 is 1.00 bits per heavy atom. The fraction of sp³-hybridized carbons (Fsp3) is 0.333. The molecular formula is C18H21ClO. The molecule has 0 amide bonds. The van der Waals surface area contributed by atoms with E-state index in [2.05, 4.69) is 45.0 Å². The molecule has 0 aliphatic heterocycles. The lowest BCUT2D eigenvalue weighted by Gasteiger charge is -2.31. The van der Waals surface area contributed by atoms with Gasteiger partial charge in [0.25, 0.3) is 0 Å². The Labute approximate surface area is 126 Å². The van der Waals surface area contributed by atoms with Crippen molar-refractivity contribution in [2.45, 2.75) is 26.7 Å². The van der Waals surface area contributed by atoms with Crippen molar-refractivity contribution in [2.24, 2.45) is 5.41 Å². The molecule has 0 spiro atoms. The first-order chi connectivity index (χ1) is 9.47. The van der Waals surface area contributed by atoms with Gasteiger partial charge in [-0.2, -0.15) is 0 Å². The van der Waals surface area contributed by atoms with E-state index in [4.69, 9.17) is 16.3 Å². The highest BCUT2D eigenvalue weighted by Crippen LogP contribution is 2.35. The first-order valence-electron chi connectivity index (χ1n) is 6.90. The topological polar surface area (TPSA) is 9.23 Å². The number of halogens is 1. The molecule has 0 fully saturated rings. The van der Waals surface area contributed by atoms with Crippen LogP contribution in [0.1, 0.15) is 32.3 Å². The first kappa shape index (κ1) is 14.9. The van der Waals surface area contributed by atoms with E-state index in [0.29, 0.717) is 17.5 Å². The molecule has 1 atom stereocenters. The first-order valence-corrected chi connectivity index (χ1v) is 7.28. The largest absolute Gasteiger partial charge is 0.493 e. The molecule has 0 saturated carbocycles. The lowest BCUT2D eigenvalue weighted by atomic mass is 9.77. The van der Waals surface area contributed by atoms with E-state index in [1.807, 2.05) is 30.3 Å². The SMILES string of the molecule is CC(C)(C)C(COc1cccc(Cl)c1)c1ccccc1. The summed E-state index contributed by atoms with van der Waals surface area (Å²) in [6, 6.07) is 18.1. The van der Waals surface area contributed by atoms with Crippen molar-refractivity contribution < 1.29 is 4.74 Å². The van der Waals surface area contributed by atoms with Gasteiger partial charge in [-0.05, 0) is 29.2 Å². The minimum absolute atomic E-state index is 0.139. The van der Waals surface area contributed by atoms with Crippen molar-refractivity contribution in [1.82, 2.24) is 0 Å². The van der Waals surface area contributed by atoms with E-state index in [9.17, 15) is 0 Å². The summed E-state index contributed by atoms with van der Waals surface area (Å²) >= 11 is 5.99. The molecule has 2 aromatic carbocycles. The van der Waals surface area contributed by atoms with Crippen molar-refractivity contribution in [3.8, 4) is 5.75 Å². The Balaban J connectivity index is 2.14. The number of ether oxygens (including phenoxy) is 1. The monoisotopic (exact) mass is 288 g/mol. The summed E-state index contributed by atoms with van der Waals surface area (Å²) < 4.78 is 5.95. The highest BCUT2D eigenvalue weighted by Gasteiger charge is 2.26. The van der Waals surface area contributed by atoms with Gasteiger partial charge in [0.2, 0.25) is 0 Å². The van der Waals surface area contributed by atoms with Crippen molar-refractivity contribution >= 4 is 11.6 Å². The van der Waals surface area contributed by atoms with Gasteiger partial charge in [-0.25, -0.2) is 0 Å². The molecule has 0 bridgehead atoms. The minimum Gasteiger partial charge on any atom is -0.493 e. The van der Waals surface area contributed by atoms with Crippen molar-refractivity contribution in [3.63, 3.8) is 0 Å². The predicted molar refractivity (Wildman–Crippen MR) is 85.6 cm³/mol. The van der Waals surface area contributed by atoms with Crippen LogP contribution in [0.2, 0.25) is 5.02 Å². The van der Waals surface area contributed by atoms with Gasteiger partial charge in [0.05, 0.1) is 6.61 Å². The summed E-state index contributed by atoms with van der Waals surface area (Å²) in [7, 11) is 0. The van der Waals surface area contributed by atoms with Crippen LogP contribution in [0.15, 0.2) is 54.6 Å². The maximum Gasteiger partial charge on any atom is 0.120 e. The third-order valence-electron chi connectivity index (χ3n) is 3.46. The Kier molecular flexibility index (Phi) is 4.72. The maximum atomic E-state index is 5.99. The van der Waals surface area contributed by atoms with Crippen LogP contribution >= 0.6 is 11.6 Å². The van der Waals surface area contributed by atoms with E-state index < -0.39 is 0 Å². The van der Waals surface area contributed by atoms with Gasteiger partial charge in [0, 0.05) is 10.9 Å². The Morgan fingerprint density at radius 2 is 1.70 bits per heavy atom. The van der Waals surface area contributed by atoms with E-state index in [1.165, 1.54) is 5.56 Å². The van der Waals surface area contributed by atoms with Gasteiger partial charge in [0.15, 0.2) is 0 Å². The molecule has 2 rings (SSSR count). The summed E-state index contributed by atoms with van der Waals surface area (Å²) in [6.45, 7) is 7.37. The van der Waals surface area contributed by atoms with Crippen LogP contribution in [0.4, 0.5) is 0 Å². The van der Waals surface area contributed by atoms with E-state index in [-0.39, 0.29) is 5.41 Å². The molecule has 0 aliphatic carbocycles. The number of rotatable bonds is 4. The van der Waals surface area contributed by atoms with Gasteiger partial charge in [0.1, 0.15) is 5.75 Å². The Morgan fingerprint density at radius 3 is 2.30 bits per heavy atom. The number of hydrogen-bond acceptors (Lipinski definition) is 1. The molecule has 0 heterocycles. The molecule has 0 saturated heterocycles. The lowest BCUT2D eigenvalue weighted by Crippen LogP contribution is -2.24. The van der Waals surface area contributed by atoms with Crippen LogP contribution in [0.25, 0.3) is 0 Å². The van der Waals surface area contributed by atoms with E-state index in [1.54, 1.807) is 0 Å². The molecule has 1 nitrogen and oxygen atoms in total. The molecule has 106 valence electrons. The van der Waals surface area contributed by atoms with Crippen LogP contribution in [-0.2, 0) is 0 Å². The number of benzene rings is 2. The highest BCUT2D eigenvalue weighted by atomic mass is 35.5. The molecule has 0 N–H and O–H groups in total. The predicted octanol–water partition coefficient (Wildman–Crippen LogP) is 5.55. The number of hydrogen-bond donors (Lipinski definition) is 0. The average Bonchev–Trinajstić information content (AvgIpc) is 2.39. The summed E-state index contributed by atoms with van der Waals surface area (Å²) in [6.07, 6.45) is 0. The molecule has 20 heavy (non-hydrogen) atoms. The molecular weight excluding hydrogens is 268 g/mol. The Bertz CT molecular complexity index is 543. The molecule has 1 unspecified atom stereocenters. The smallest absolute Gasteiger partial charge is 0.120 e. The summed E-state index contributed by atoms with van der Waals surface area (Å²) in [5.74, 6) is 1.16. The zero-order chi connectivity index (χ0) is 14.6. The highest BCUT2D eigenvalue weighted by molar-refractivity contribution is 6.30. The van der Waals surface area contributed by atoms with Crippen LogP contribution < -0.4 is 4.74 Å². The third-order valence-corrected chi connectivity index (χ3v) is 3.70. The summed E-state index contributed by atoms with van der Waals surface area (Å²) in [5.41, 5.74) is 1.45. The second kappa shape index (κ2) is 6.32. The van der Waals surface area contributed by atoms with Gasteiger partial charge in [-0.1, -0.05) is 68.8 Å². The zero-order valence-electron chi connectivity index (χ0n) is 12.3. The third kappa shape index (κ3) is 4.01. The quantitative estimate of drug-likeness (QED) is 0.717. The molecule has 0 radical (unpaired) electrons. The molecule has 2 heteroatoms. The maximum absolute atomic E-state index is 5.99. The van der Waals surface area contributed by atoms with Gasteiger partial charge >= 0.3 is 0 Å². The van der Waals surface area contributed by atoms with Crippen molar-refractivity contribution in [2.75, 3.05) is 6.61 Å².